The van der Waals surface area contributed by atoms with Crippen LogP contribution in [0.3, 0.4) is 0 Å². The van der Waals surface area contributed by atoms with Crippen LogP contribution in [0.1, 0.15) is 50.1 Å². The molecule has 32 heavy (non-hydrogen) atoms. The lowest BCUT2D eigenvalue weighted by Crippen LogP contribution is -2.52. The van der Waals surface area contributed by atoms with Gasteiger partial charge in [0.1, 0.15) is 24.7 Å². The van der Waals surface area contributed by atoms with Crippen molar-refractivity contribution in [2.75, 3.05) is 26.2 Å². The Morgan fingerprint density at radius 3 is 2.88 bits per heavy atom. The van der Waals surface area contributed by atoms with E-state index in [-0.39, 0.29) is 43.0 Å². The number of fused-ring (bicyclic) bond motifs is 1. The van der Waals surface area contributed by atoms with E-state index in [9.17, 15) is 14.0 Å². The molecule has 6 nitrogen and oxygen atoms in total. The zero-order valence-electron chi connectivity index (χ0n) is 19.0. The van der Waals surface area contributed by atoms with Gasteiger partial charge in [-0.05, 0) is 55.3 Å². The second kappa shape index (κ2) is 11.3. The molecule has 2 aromatic rings. The third kappa shape index (κ3) is 5.79. The summed E-state index contributed by atoms with van der Waals surface area (Å²) in [7, 11) is 0. The topological polar surface area (TPSA) is 61.9 Å². The number of urea groups is 1. The fraction of sp³-hybridized carbons (Fsp3) is 0.500. The molecule has 0 radical (unpaired) electrons. The predicted octanol–water partition coefficient (Wildman–Crippen LogP) is 4.61. The van der Waals surface area contributed by atoms with Crippen molar-refractivity contribution in [3.05, 3.63) is 52.0 Å². The second-order valence-electron chi connectivity index (χ2n) is 8.04. The minimum absolute atomic E-state index is 0.0144. The van der Waals surface area contributed by atoms with Gasteiger partial charge in [-0.2, -0.15) is 0 Å². The Bertz CT molecular complexity index is 919. The smallest absolute Gasteiger partial charge is 0.318 e. The number of nitrogens with zero attached hydrogens (tertiary/aromatic N) is 2. The number of amides is 3. The number of thiophene rings is 1. The van der Waals surface area contributed by atoms with Crippen molar-refractivity contribution >= 4 is 23.3 Å². The summed E-state index contributed by atoms with van der Waals surface area (Å²) in [6.45, 7) is 7.33. The summed E-state index contributed by atoms with van der Waals surface area (Å²) in [5.41, 5.74) is 1.07. The molecule has 1 N–H and O–H groups in total. The Balaban J connectivity index is 1.76. The molecule has 0 saturated heterocycles. The third-order valence-electron chi connectivity index (χ3n) is 5.83. The van der Waals surface area contributed by atoms with Crippen LogP contribution in [-0.4, -0.2) is 54.0 Å². The number of carbonyl (C=O) groups excluding carboxylic acids is 2. The Kier molecular flexibility index (Phi) is 8.50. The quantitative estimate of drug-likeness (QED) is 0.593. The van der Waals surface area contributed by atoms with E-state index in [2.05, 4.69) is 5.32 Å². The normalized spacial score (nSPS) is 16.2. The molecular weight excluding hydrogens is 429 g/mol. The van der Waals surface area contributed by atoms with Crippen molar-refractivity contribution in [3.8, 4) is 5.75 Å². The summed E-state index contributed by atoms with van der Waals surface area (Å²) >= 11 is 1.68. The van der Waals surface area contributed by atoms with Gasteiger partial charge in [0.25, 0.3) is 0 Å². The van der Waals surface area contributed by atoms with Crippen LogP contribution in [0.25, 0.3) is 0 Å². The van der Waals surface area contributed by atoms with Gasteiger partial charge >= 0.3 is 6.03 Å². The van der Waals surface area contributed by atoms with Crippen molar-refractivity contribution in [1.29, 1.82) is 0 Å². The first-order valence-corrected chi connectivity index (χ1v) is 12.1. The average Bonchev–Trinajstić information content (AvgIpc) is 3.28. The first-order chi connectivity index (χ1) is 15.4. The van der Waals surface area contributed by atoms with Gasteiger partial charge in [-0.3, -0.25) is 4.79 Å². The molecule has 0 spiro atoms. The number of hydrogen-bond acceptors (Lipinski definition) is 4. The summed E-state index contributed by atoms with van der Waals surface area (Å²) in [5.74, 6) is -0.0425. The molecule has 8 heteroatoms. The number of rotatable bonds is 9. The maximum atomic E-state index is 13.6. The molecular formula is C24H32FN3O3S. The highest BCUT2D eigenvalue weighted by Gasteiger charge is 2.34. The average molecular weight is 462 g/mol. The predicted molar refractivity (Wildman–Crippen MR) is 125 cm³/mol. The van der Waals surface area contributed by atoms with Crippen molar-refractivity contribution in [2.45, 2.75) is 52.1 Å². The molecule has 0 unspecified atom stereocenters. The highest BCUT2D eigenvalue weighted by atomic mass is 32.1. The molecule has 0 bridgehead atoms. The molecule has 1 aromatic carbocycles. The van der Waals surface area contributed by atoms with Gasteiger partial charge in [0, 0.05) is 30.1 Å². The zero-order valence-corrected chi connectivity index (χ0v) is 19.8. The van der Waals surface area contributed by atoms with Gasteiger partial charge in [0.05, 0.1) is 6.04 Å². The number of carbonyl (C=O) groups is 2. The standard InChI is InChI=1S/C24H32FN3O3S/c1-4-11-26-24(30)28(17(3)5-2)15-23(29)27-12-9-22-20(10-13-32-22)21(27)16-31-19-8-6-7-18(25)14-19/h6-8,10,13-14,17,21H,4-5,9,11-12,15-16H2,1-3H3,(H,26,30)/t17-,21-/m1/s1. The minimum atomic E-state index is -0.363. The molecule has 1 aliphatic heterocycles. The van der Waals surface area contributed by atoms with Gasteiger partial charge in [0.2, 0.25) is 5.91 Å². The summed E-state index contributed by atoms with van der Waals surface area (Å²) in [6, 6.07) is 7.49. The molecule has 174 valence electrons. The largest absolute Gasteiger partial charge is 0.491 e. The third-order valence-corrected chi connectivity index (χ3v) is 6.83. The molecule has 0 fully saturated rings. The minimum Gasteiger partial charge on any atom is -0.491 e. The first-order valence-electron chi connectivity index (χ1n) is 11.2. The van der Waals surface area contributed by atoms with Crippen molar-refractivity contribution in [2.24, 2.45) is 0 Å². The van der Waals surface area contributed by atoms with Gasteiger partial charge in [-0.1, -0.05) is 19.9 Å². The van der Waals surface area contributed by atoms with Gasteiger partial charge in [-0.15, -0.1) is 11.3 Å². The van der Waals surface area contributed by atoms with E-state index in [1.54, 1.807) is 33.3 Å². The number of benzene rings is 1. The highest BCUT2D eigenvalue weighted by Crippen LogP contribution is 2.34. The summed E-state index contributed by atoms with van der Waals surface area (Å²) in [5, 5.41) is 4.91. The first kappa shape index (κ1) is 24.0. The van der Waals surface area contributed by atoms with E-state index in [1.165, 1.54) is 17.0 Å². The number of ether oxygens (including phenoxy) is 1. The number of halogens is 1. The molecule has 1 aromatic heterocycles. The Labute approximate surface area is 193 Å². The molecule has 3 amide bonds. The van der Waals surface area contributed by atoms with Gasteiger partial charge in [0.15, 0.2) is 0 Å². The van der Waals surface area contributed by atoms with Crippen LogP contribution in [0.4, 0.5) is 9.18 Å². The van der Waals surface area contributed by atoms with E-state index in [0.29, 0.717) is 18.8 Å². The Morgan fingerprint density at radius 2 is 2.16 bits per heavy atom. The number of hydrogen-bond donors (Lipinski definition) is 1. The molecule has 1 aliphatic rings. The molecule has 3 rings (SSSR count). The van der Waals surface area contributed by atoms with Gasteiger partial charge < -0.3 is 19.9 Å². The van der Waals surface area contributed by atoms with Crippen LogP contribution < -0.4 is 10.1 Å². The second-order valence-corrected chi connectivity index (χ2v) is 9.04. The maximum absolute atomic E-state index is 13.6. The lowest BCUT2D eigenvalue weighted by Gasteiger charge is -2.38. The summed E-state index contributed by atoms with van der Waals surface area (Å²) in [6.07, 6.45) is 2.37. The Hall–Kier alpha value is -2.61. The molecule has 0 saturated carbocycles. The molecule has 2 heterocycles. The van der Waals surface area contributed by atoms with Crippen molar-refractivity contribution in [3.63, 3.8) is 0 Å². The van der Waals surface area contributed by atoms with Crippen molar-refractivity contribution in [1.82, 2.24) is 15.1 Å². The maximum Gasteiger partial charge on any atom is 0.318 e. The monoisotopic (exact) mass is 461 g/mol. The fourth-order valence-corrected chi connectivity index (χ4v) is 4.75. The molecule has 0 aliphatic carbocycles. The summed E-state index contributed by atoms with van der Waals surface area (Å²) in [4.78, 5) is 30.8. The van der Waals surface area contributed by atoms with Crippen LogP contribution in [0, 0.1) is 5.82 Å². The molecule has 2 atom stereocenters. The fourth-order valence-electron chi connectivity index (χ4n) is 3.82. The van der Waals surface area contributed by atoms with E-state index in [1.807, 2.05) is 32.2 Å². The lowest BCUT2D eigenvalue weighted by molar-refractivity contribution is -0.135. The highest BCUT2D eigenvalue weighted by molar-refractivity contribution is 7.10. The van der Waals surface area contributed by atoms with E-state index >= 15 is 0 Å². The summed E-state index contributed by atoms with van der Waals surface area (Å²) < 4.78 is 19.4. The van der Waals surface area contributed by atoms with Crippen LogP contribution in [0.2, 0.25) is 0 Å². The van der Waals surface area contributed by atoms with E-state index in [0.717, 1.165) is 24.8 Å². The van der Waals surface area contributed by atoms with Crippen LogP contribution in [0.15, 0.2) is 35.7 Å². The van der Waals surface area contributed by atoms with E-state index < -0.39 is 0 Å². The van der Waals surface area contributed by atoms with Crippen LogP contribution in [-0.2, 0) is 11.2 Å². The van der Waals surface area contributed by atoms with Crippen LogP contribution in [0.5, 0.6) is 5.75 Å². The van der Waals surface area contributed by atoms with Crippen LogP contribution >= 0.6 is 11.3 Å². The SMILES string of the molecule is CCCNC(=O)N(CC(=O)N1CCc2sccc2[C@H]1COc1cccc(F)c1)[C@H](C)CC. The van der Waals surface area contributed by atoms with Crippen molar-refractivity contribution < 1.29 is 18.7 Å². The number of nitrogens with one attached hydrogen (secondary N) is 1. The zero-order chi connectivity index (χ0) is 23.1. The van der Waals surface area contributed by atoms with E-state index in [4.69, 9.17) is 4.74 Å². The Morgan fingerprint density at radius 1 is 1.34 bits per heavy atom. The van der Waals surface area contributed by atoms with Gasteiger partial charge in [-0.25, -0.2) is 9.18 Å². The lowest BCUT2D eigenvalue weighted by atomic mass is 10.00.